The van der Waals surface area contributed by atoms with Crippen LogP contribution in [0.15, 0.2) is 17.2 Å². The average molecular weight is 220 g/mol. The number of hydrogen-bond donors (Lipinski definition) is 1. The second-order valence-corrected chi connectivity index (χ2v) is 3.53. The Morgan fingerprint density at radius 2 is 2.19 bits per heavy atom. The third kappa shape index (κ3) is 1.92. The maximum absolute atomic E-state index is 11.5. The van der Waals surface area contributed by atoms with Crippen LogP contribution in [0.25, 0.3) is 0 Å². The van der Waals surface area contributed by atoms with E-state index in [1.54, 1.807) is 13.1 Å². The predicted molar refractivity (Wildman–Crippen MR) is 57.8 cm³/mol. The summed E-state index contributed by atoms with van der Waals surface area (Å²) in [6.07, 6.45) is 1.45. The van der Waals surface area contributed by atoms with Crippen LogP contribution in [0.5, 0.6) is 0 Å². The fourth-order valence-electron chi connectivity index (χ4n) is 1.39. The molecule has 0 amide bonds. The van der Waals surface area contributed by atoms with Crippen LogP contribution in [0, 0.1) is 6.92 Å². The smallest absolute Gasteiger partial charge is 0.345 e. The summed E-state index contributed by atoms with van der Waals surface area (Å²) >= 11 is 0. The van der Waals surface area contributed by atoms with Crippen LogP contribution < -0.4 is 11.4 Å². The lowest BCUT2D eigenvalue weighted by atomic mass is 10.4. The van der Waals surface area contributed by atoms with Gasteiger partial charge in [0, 0.05) is 18.8 Å². The molecule has 2 aromatic rings. The molecule has 0 aliphatic heterocycles. The molecule has 16 heavy (non-hydrogen) atoms. The van der Waals surface area contributed by atoms with Gasteiger partial charge in [0.05, 0.1) is 0 Å². The summed E-state index contributed by atoms with van der Waals surface area (Å²) in [4.78, 5) is 19.7. The van der Waals surface area contributed by atoms with Gasteiger partial charge in [0.25, 0.3) is 0 Å². The fraction of sp³-hybridized carbons (Fsp3) is 0.333. The lowest BCUT2D eigenvalue weighted by molar-refractivity contribution is 0.620. The van der Waals surface area contributed by atoms with Crippen LogP contribution in [0.4, 0.5) is 5.82 Å². The van der Waals surface area contributed by atoms with E-state index in [2.05, 4.69) is 15.1 Å². The Kier molecular flexibility index (Phi) is 2.43. The highest BCUT2D eigenvalue weighted by molar-refractivity contribution is 5.29. The topological polar surface area (TPSA) is 91.6 Å². The van der Waals surface area contributed by atoms with Crippen molar-refractivity contribution in [1.82, 2.24) is 24.3 Å². The zero-order valence-electron chi connectivity index (χ0n) is 9.08. The number of anilines is 1. The molecule has 0 unspecified atom stereocenters. The second kappa shape index (κ2) is 3.76. The van der Waals surface area contributed by atoms with Crippen LogP contribution >= 0.6 is 0 Å². The lowest BCUT2D eigenvalue weighted by Crippen LogP contribution is -2.24. The van der Waals surface area contributed by atoms with Gasteiger partial charge in [-0.1, -0.05) is 0 Å². The first-order chi connectivity index (χ1) is 7.56. The summed E-state index contributed by atoms with van der Waals surface area (Å²) in [6.45, 7) is 2.05. The van der Waals surface area contributed by atoms with Crippen LogP contribution in [0.2, 0.25) is 0 Å². The van der Waals surface area contributed by atoms with Gasteiger partial charge in [0.1, 0.15) is 18.7 Å². The molecule has 0 spiro atoms. The minimum atomic E-state index is -0.205. The van der Waals surface area contributed by atoms with Gasteiger partial charge in [-0.05, 0) is 6.92 Å². The van der Waals surface area contributed by atoms with Gasteiger partial charge in [-0.2, -0.15) is 5.10 Å². The van der Waals surface area contributed by atoms with E-state index < -0.39 is 0 Å². The van der Waals surface area contributed by atoms with Gasteiger partial charge >= 0.3 is 5.69 Å². The molecule has 7 nitrogen and oxygen atoms in total. The Morgan fingerprint density at radius 3 is 2.75 bits per heavy atom. The normalized spacial score (nSPS) is 10.6. The van der Waals surface area contributed by atoms with Crippen LogP contribution in [-0.4, -0.2) is 24.3 Å². The second-order valence-electron chi connectivity index (χ2n) is 3.53. The molecule has 0 aromatic carbocycles. The van der Waals surface area contributed by atoms with Crippen molar-refractivity contribution in [2.24, 2.45) is 7.05 Å². The molecule has 7 heteroatoms. The van der Waals surface area contributed by atoms with Crippen molar-refractivity contribution in [3.8, 4) is 0 Å². The van der Waals surface area contributed by atoms with Gasteiger partial charge < -0.3 is 5.73 Å². The molecule has 0 bridgehead atoms. The van der Waals surface area contributed by atoms with E-state index in [0.29, 0.717) is 11.6 Å². The van der Waals surface area contributed by atoms with Crippen LogP contribution in [0.3, 0.4) is 0 Å². The van der Waals surface area contributed by atoms with Crippen molar-refractivity contribution in [2.45, 2.75) is 13.5 Å². The highest BCUT2D eigenvalue weighted by atomic mass is 16.2. The predicted octanol–water partition coefficient (Wildman–Crippen LogP) is -0.689. The molecule has 0 atom stereocenters. The third-order valence-corrected chi connectivity index (χ3v) is 2.10. The van der Waals surface area contributed by atoms with Crippen LogP contribution in [0.1, 0.15) is 11.5 Å². The molecule has 0 saturated heterocycles. The number of nitrogen functional groups attached to an aromatic ring is 1. The molecule has 84 valence electrons. The van der Waals surface area contributed by atoms with Crippen molar-refractivity contribution in [1.29, 1.82) is 0 Å². The first kappa shape index (κ1) is 10.3. The first-order valence-corrected chi connectivity index (χ1v) is 4.75. The quantitative estimate of drug-likeness (QED) is 0.723. The SMILES string of the molecule is Cc1cc(N)nc(Cn2ncn(C)c2=O)n1. The molecule has 0 fully saturated rings. The van der Waals surface area contributed by atoms with Gasteiger partial charge in [0.15, 0.2) is 5.82 Å². The Balaban J connectivity index is 2.34. The van der Waals surface area contributed by atoms with Crippen molar-refractivity contribution in [2.75, 3.05) is 5.73 Å². The molecule has 0 saturated carbocycles. The molecule has 0 radical (unpaired) electrons. The van der Waals surface area contributed by atoms with Crippen LogP contribution in [-0.2, 0) is 13.6 Å². The fourth-order valence-corrected chi connectivity index (χ4v) is 1.39. The average Bonchev–Trinajstić information content (AvgIpc) is 2.48. The standard InChI is InChI=1S/C9H12N6O/c1-6-3-7(10)13-8(12-6)4-15-9(16)14(2)5-11-15/h3,5H,4H2,1-2H3,(H2,10,12,13). The summed E-state index contributed by atoms with van der Waals surface area (Å²) in [5.41, 5.74) is 6.16. The Labute approximate surface area is 91.6 Å². The highest BCUT2D eigenvalue weighted by Gasteiger charge is 2.05. The summed E-state index contributed by atoms with van der Waals surface area (Å²) in [6, 6.07) is 1.67. The zero-order chi connectivity index (χ0) is 11.7. The highest BCUT2D eigenvalue weighted by Crippen LogP contribution is 2.02. The largest absolute Gasteiger partial charge is 0.384 e. The molecule has 0 aliphatic carbocycles. The molecule has 2 N–H and O–H groups in total. The number of nitrogens with two attached hydrogens (primary N) is 1. The third-order valence-electron chi connectivity index (χ3n) is 2.10. The maximum Gasteiger partial charge on any atom is 0.345 e. The first-order valence-electron chi connectivity index (χ1n) is 4.75. The van der Waals surface area contributed by atoms with E-state index in [-0.39, 0.29) is 12.2 Å². The summed E-state index contributed by atoms with van der Waals surface area (Å²) in [5.74, 6) is 0.879. The molecular weight excluding hydrogens is 208 g/mol. The Morgan fingerprint density at radius 1 is 1.44 bits per heavy atom. The van der Waals surface area contributed by atoms with E-state index in [1.165, 1.54) is 15.6 Å². The molecule has 0 aliphatic rings. The van der Waals surface area contributed by atoms with E-state index in [1.807, 2.05) is 6.92 Å². The number of aryl methyl sites for hydroxylation is 2. The van der Waals surface area contributed by atoms with Gasteiger partial charge in [-0.15, -0.1) is 0 Å². The minimum absolute atomic E-state index is 0.205. The Bertz CT molecular complexity index is 549. The summed E-state index contributed by atoms with van der Waals surface area (Å²) < 4.78 is 2.67. The number of hydrogen-bond acceptors (Lipinski definition) is 5. The number of rotatable bonds is 2. The molecule has 2 aromatic heterocycles. The van der Waals surface area contributed by atoms with Crippen molar-refractivity contribution >= 4 is 5.82 Å². The summed E-state index contributed by atoms with van der Waals surface area (Å²) in [7, 11) is 1.64. The van der Waals surface area contributed by atoms with E-state index >= 15 is 0 Å². The van der Waals surface area contributed by atoms with Gasteiger partial charge in [-0.25, -0.2) is 19.4 Å². The minimum Gasteiger partial charge on any atom is -0.384 e. The van der Waals surface area contributed by atoms with Gasteiger partial charge in [-0.3, -0.25) is 4.57 Å². The lowest BCUT2D eigenvalue weighted by Gasteiger charge is -2.01. The van der Waals surface area contributed by atoms with Crippen molar-refractivity contribution < 1.29 is 0 Å². The van der Waals surface area contributed by atoms with Gasteiger partial charge in [0.2, 0.25) is 0 Å². The van der Waals surface area contributed by atoms with E-state index in [0.717, 1.165) is 5.69 Å². The number of aromatic nitrogens is 5. The maximum atomic E-state index is 11.5. The molecular formula is C9H12N6O. The van der Waals surface area contributed by atoms with Crippen molar-refractivity contribution in [3.05, 3.63) is 34.4 Å². The zero-order valence-corrected chi connectivity index (χ0v) is 9.08. The number of nitrogens with zero attached hydrogens (tertiary/aromatic N) is 5. The Hall–Kier alpha value is -2.18. The summed E-state index contributed by atoms with van der Waals surface area (Å²) in [5, 5.41) is 3.92. The monoisotopic (exact) mass is 220 g/mol. The van der Waals surface area contributed by atoms with Crippen molar-refractivity contribution in [3.63, 3.8) is 0 Å². The van der Waals surface area contributed by atoms with E-state index in [9.17, 15) is 4.79 Å². The molecule has 2 rings (SSSR count). The van der Waals surface area contributed by atoms with E-state index in [4.69, 9.17) is 5.73 Å². The molecule has 2 heterocycles.